The largest absolute Gasteiger partial charge is 0.502 e. The molecule has 0 radical (unpaired) electrons. The highest BCUT2D eigenvalue weighted by Gasteiger charge is 2.44. The molecule has 3 aromatic rings. The summed E-state index contributed by atoms with van der Waals surface area (Å²) in [5.41, 5.74) is 2.75. The second kappa shape index (κ2) is 7.19. The lowest BCUT2D eigenvalue weighted by Crippen LogP contribution is -2.45. The van der Waals surface area contributed by atoms with Crippen LogP contribution in [0.1, 0.15) is 39.5 Å². The van der Waals surface area contributed by atoms with Crippen LogP contribution in [0.25, 0.3) is 0 Å². The minimum Gasteiger partial charge on any atom is -0.502 e. The first-order valence-corrected chi connectivity index (χ1v) is 10.3. The Bertz CT molecular complexity index is 1270. The predicted molar refractivity (Wildman–Crippen MR) is 116 cm³/mol. The van der Waals surface area contributed by atoms with E-state index in [1.54, 1.807) is 16.6 Å². The fourth-order valence-electron chi connectivity index (χ4n) is 4.92. The lowest BCUT2D eigenvalue weighted by Gasteiger charge is -2.38. The number of aromatic hydroxyl groups is 1. The monoisotopic (exact) mass is 415 g/mol. The normalized spacial score (nSPS) is 20.8. The molecule has 0 spiro atoms. The third-order valence-corrected chi connectivity index (χ3v) is 6.36. The van der Waals surface area contributed by atoms with Crippen molar-refractivity contribution in [3.63, 3.8) is 0 Å². The Morgan fingerprint density at radius 1 is 1.10 bits per heavy atom. The van der Waals surface area contributed by atoms with Crippen LogP contribution >= 0.6 is 0 Å². The molecule has 1 amide bonds. The molecule has 1 N–H and O–H groups in total. The van der Waals surface area contributed by atoms with Crippen LogP contribution in [0.4, 0.5) is 5.69 Å². The van der Waals surface area contributed by atoms with Gasteiger partial charge in [-0.15, -0.1) is 0 Å². The van der Waals surface area contributed by atoms with E-state index in [0.29, 0.717) is 6.54 Å². The van der Waals surface area contributed by atoms with Gasteiger partial charge >= 0.3 is 0 Å². The van der Waals surface area contributed by atoms with Gasteiger partial charge in [-0.3, -0.25) is 14.3 Å². The number of aromatic nitrogens is 2. The van der Waals surface area contributed by atoms with Gasteiger partial charge in [-0.1, -0.05) is 48.5 Å². The van der Waals surface area contributed by atoms with Gasteiger partial charge in [-0.05, 0) is 5.56 Å². The molecule has 0 saturated carbocycles. The number of para-hydroxylation sites is 1. The molecule has 0 saturated heterocycles. The lowest BCUT2D eigenvalue weighted by molar-refractivity contribution is -0.396. The van der Waals surface area contributed by atoms with Crippen molar-refractivity contribution in [1.29, 1.82) is 0 Å². The molecule has 3 atom stereocenters. The van der Waals surface area contributed by atoms with Gasteiger partial charge in [-0.25, -0.2) is 4.58 Å². The van der Waals surface area contributed by atoms with Crippen molar-refractivity contribution in [3.8, 4) is 5.75 Å². The van der Waals surface area contributed by atoms with Gasteiger partial charge < -0.3 is 10.0 Å². The summed E-state index contributed by atoms with van der Waals surface area (Å²) in [7, 11) is 3.72. The Hall–Kier alpha value is -3.74. The summed E-state index contributed by atoms with van der Waals surface area (Å²) in [4.78, 5) is 26.4. The maximum Gasteiger partial charge on any atom is 0.275 e. The van der Waals surface area contributed by atoms with Gasteiger partial charge in [0.2, 0.25) is 11.1 Å². The van der Waals surface area contributed by atoms with E-state index in [1.165, 1.54) is 5.56 Å². The summed E-state index contributed by atoms with van der Waals surface area (Å²) in [5, 5.41) is 14.7. The van der Waals surface area contributed by atoms with Gasteiger partial charge in [0.25, 0.3) is 5.91 Å². The molecule has 0 aliphatic carbocycles. The Balaban J connectivity index is 1.73. The third-order valence-electron chi connectivity index (χ3n) is 6.36. The quantitative estimate of drug-likeness (QED) is 0.667. The first-order chi connectivity index (χ1) is 15.0. The molecular weight excluding hydrogens is 392 g/mol. The highest BCUT2D eigenvalue weighted by atomic mass is 16.3. The predicted octanol–water partition coefficient (Wildman–Crippen LogP) is 2.50. The number of likely N-dealkylation sites (N-methyl/N-ethyl adjacent to an activating group) is 1. The number of rotatable bonds is 3. The molecule has 7 nitrogen and oxygen atoms in total. The number of fused-ring (bicyclic) bond motifs is 2. The molecule has 3 heterocycles. The zero-order valence-corrected chi connectivity index (χ0v) is 17.3. The minimum absolute atomic E-state index is 0.0337. The van der Waals surface area contributed by atoms with Gasteiger partial charge in [-0.2, -0.15) is 5.10 Å². The molecule has 2 aromatic carbocycles. The molecular formula is C24H23N4O3+. The topological polar surface area (TPSA) is 78.4 Å². The van der Waals surface area contributed by atoms with Crippen LogP contribution in [0, 0.1) is 0 Å². The second-order valence-corrected chi connectivity index (χ2v) is 8.18. The van der Waals surface area contributed by atoms with Crippen molar-refractivity contribution in [1.82, 2.24) is 14.7 Å². The van der Waals surface area contributed by atoms with Crippen LogP contribution in [0.5, 0.6) is 5.75 Å². The van der Waals surface area contributed by atoms with Gasteiger partial charge in [0.15, 0.2) is 17.7 Å². The standard InChI is InChI=1S/C24H22N4O3/c1-26-13-17(16-10-6-7-11-18(16)26)21(15-8-4-3-5-9-15)19-14-27(2)24(31)22-23(30)20(29)12-25-28(19)22/h3-13,17,19,21H,14H2,1-2H3/p+1. The number of nitrogens with zero attached hydrogens (tertiary/aromatic N) is 4. The Morgan fingerprint density at radius 2 is 1.81 bits per heavy atom. The first-order valence-electron chi connectivity index (χ1n) is 10.3. The summed E-state index contributed by atoms with van der Waals surface area (Å²) < 4.78 is 3.68. The van der Waals surface area contributed by atoms with E-state index >= 15 is 0 Å². The number of amides is 1. The van der Waals surface area contributed by atoms with E-state index in [4.69, 9.17) is 0 Å². The van der Waals surface area contributed by atoms with Gasteiger partial charge in [0.1, 0.15) is 7.05 Å². The van der Waals surface area contributed by atoms with E-state index in [9.17, 15) is 14.7 Å². The minimum atomic E-state index is -0.651. The molecule has 31 heavy (non-hydrogen) atoms. The number of carbonyl (C=O) groups excluding carboxylic acids is 1. The molecule has 156 valence electrons. The highest BCUT2D eigenvalue weighted by Crippen LogP contribution is 2.46. The second-order valence-electron chi connectivity index (χ2n) is 8.18. The average Bonchev–Trinajstić information content (AvgIpc) is 3.11. The summed E-state index contributed by atoms with van der Waals surface area (Å²) in [6.07, 6.45) is 3.28. The number of carbonyl (C=O) groups is 1. The van der Waals surface area contributed by atoms with Crippen LogP contribution < -0.4 is 5.43 Å². The fraction of sp³-hybridized carbons (Fsp3) is 0.250. The average molecular weight is 415 g/mol. The Morgan fingerprint density at radius 3 is 2.58 bits per heavy atom. The molecule has 0 fully saturated rings. The van der Waals surface area contributed by atoms with E-state index in [-0.39, 0.29) is 23.6 Å². The van der Waals surface area contributed by atoms with Crippen molar-refractivity contribution in [2.24, 2.45) is 0 Å². The maximum atomic E-state index is 12.8. The summed E-state index contributed by atoms with van der Waals surface area (Å²) in [5.74, 6) is -0.989. The third kappa shape index (κ3) is 2.96. The van der Waals surface area contributed by atoms with Crippen LogP contribution in [-0.2, 0) is 0 Å². The summed E-state index contributed by atoms with van der Waals surface area (Å²) in [6.45, 7) is 0.414. The molecule has 3 unspecified atom stereocenters. The van der Waals surface area contributed by atoms with Gasteiger partial charge in [0, 0.05) is 31.1 Å². The van der Waals surface area contributed by atoms with Crippen molar-refractivity contribution < 1.29 is 14.5 Å². The van der Waals surface area contributed by atoms with Crippen LogP contribution in [0.15, 0.2) is 65.6 Å². The molecule has 5 rings (SSSR count). The van der Waals surface area contributed by atoms with Crippen LogP contribution in [0.3, 0.4) is 0 Å². The van der Waals surface area contributed by atoms with Gasteiger partial charge in [0.05, 0.1) is 18.2 Å². The van der Waals surface area contributed by atoms with Crippen molar-refractivity contribution in [3.05, 3.63) is 87.8 Å². The number of hydrogen-bond donors (Lipinski definition) is 1. The van der Waals surface area contributed by atoms with Crippen molar-refractivity contribution in [2.45, 2.75) is 17.9 Å². The first kappa shape index (κ1) is 19.2. The fourth-order valence-corrected chi connectivity index (χ4v) is 4.92. The summed E-state index contributed by atoms with van der Waals surface area (Å²) >= 11 is 0. The van der Waals surface area contributed by atoms with E-state index < -0.39 is 17.1 Å². The lowest BCUT2D eigenvalue weighted by atomic mass is 9.77. The van der Waals surface area contributed by atoms with Crippen molar-refractivity contribution in [2.75, 3.05) is 20.6 Å². The smallest absolute Gasteiger partial charge is 0.275 e. The zero-order chi connectivity index (χ0) is 21.7. The Kier molecular flexibility index (Phi) is 4.46. The SMILES string of the molecule is CN1CC(C(c2ccccc2)C2C=[N+](C)c3ccccc32)n2ncc(=O)c(O)c2C1=O. The van der Waals surface area contributed by atoms with Crippen LogP contribution in [-0.4, -0.2) is 57.1 Å². The summed E-state index contributed by atoms with van der Waals surface area (Å²) in [6, 6.07) is 18.2. The molecule has 2 aliphatic rings. The Labute approximate surface area is 179 Å². The molecule has 7 heteroatoms. The van der Waals surface area contributed by atoms with E-state index in [0.717, 1.165) is 17.4 Å². The van der Waals surface area contributed by atoms with E-state index in [2.05, 4.69) is 40.2 Å². The molecule has 0 bridgehead atoms. The number of benzene rings is 2. The van der Waals surface area contributed by atoms with Crippen LogP contribution in [0.2, 0.25) is 0 Å². The van der Waals surface area contributed by atoms with E-state index in [1.807, 2.05) is 37.4 Å². The highest BCUT2D eigenvalue weighted by molar-refractivity contribution is 5.95. The van der Waals surface area contributed by atoms with Crippen molar-refractivity contribution >= 4 is 17.8 Å². The number of hydrogen-bond acceptors (Lipinski definition) is 4. The molecule has 2 aliphatic heterocycles. The molecule has 1 aromatic heterocycles. The zero-order valence-electron chi connectivity index (χ0n) is 17.3. The maximum absolute atomic E-state index is 12.8.